The summed E-state index contributed by atoms with van der Waals surface area (Å²) in [6.07, 6.45) is 4.39. The topological polar surface area (TPSA) is 66.9 Å². The van der Waals surface area contributed by atoms with E-state index in [1.807, 2.05) is 12.1 Å². The highest BCUT2D eigenvalue weighted by Crippen LogP contribution is 2.22. The third-order valence-electron chi connectivity index (χ3n) is 3.05. The van der Waals surface area contributed by atoms with Crippen molar-refractivity contribution in [2.24, 2.45) is 5.92 Å². The lowest BCUT2D eigenvalue weighted by atomic mass is 9.98. The van der Waals surface area contributed by atoms with Gasteiger partial charge in [-0.1, -0.05) is 19.9 Å². The summed E-state index contributed by atoms with van der Waals surface area (Å²) in [5, 5.41) is 8.49. The number of anilines is 1. The van der Waals surface area contributed by atoms with Crippen LogP contribution < -0.4 is 10.6 Å². The zero-order valence-corrected chi connectivity index (χ0v) is 13.3. The number of amides is 1. The summed E-state index contributed by atoms with van der Waals surface area (Å²) in [6, 6.07) is 3.82. The third kappa shape index (κ3) is 4.26. The Morgan fingerprint density at radius 2 is 2.24 bits per heavy atom. The number of rotatable bonds is 6. The van der Waals surface area contributed by atoms with Gasteiger partial charge in [-0.2, -0.15) is 0 Å². The van der Waals surface area contributed by atoms with Crippen molar-refractivity contribution in [3.63, 3.8) is 0 Å². The number of aromatic nitrogens is 2. The lowest BCUT2D eigenvalue weighted by Crippen LogP contribution is -2.29. The molecule has 2 N–H and O–H groups in total. The Morgan fingerprint density at radius 3 is 2.81 bits per heavy atom. The highest BCUT2D eigenvalue weighted by molar-refractivity contribution is 7.13. The first-order chi connectivity index (χ1) is 10.1. The first-order valence-electron chi connectivity index (χ1n) is 6.94. The predicted molar refractivity (Wildman–Crippen MR) is 85.6 cm³/mol. The monoisotopic (exact) mass is 304 g/mol. The first-order valence-corrected chi connectivity index (χ1v) is 7.82. The van der Waals surface area contributed by atoms with Gasteiger partial charge in [-0.25, -0.2) is 4.98 Å². The van der Waals surface area contributed by atoms with Gasteiger partial charge in [0.1, 0.15) is 5.69 Å². The van der Waals surface area contributed by atoms with E-state index in [0.717, 1.165) is 17.1 Å². The molecule has 2 aromatic heterocycles. The lowest BCUT2D eigenvalue weighted by Gasteiger charge is -2.20. The third-order valence-corrected chi connectivity index (χ3v) is 3.91. The smallest absolute Gasteiger partial charge is 0.271 e. The molecule has 0 radical (unpaired) electrons. The molecule has 2 heterocycles. The van der Waals surface area contributed by atoms with Gasteiger partial charge in [0.15, 0.2) is 5.13 Å². The maximum atomic E-state index is 12.3. The van der Waals surface area contributed by atoms with Crippen LogP contribution in [-0.2, 0) is 0 Å². The van der Waals surface area contributed by atoms with Gasteiger partial charge in [0, 0.05) is 24.8 Å². The molecule has 0 aliphatic rings. The molecule has 2 aromatic rings. The summed E-state index contributed by atoms with van der Waals surface area (Å²) in [6.45, 7) is 4.27. The quantitative estimate of drug-likeness (QED) is 0.860. The predicted octanol–water partition coefficient (Wildman–Crippen LogP) is 3.10. The largest absolute Gasteiger partial charge is 0.365 e. The van der Waals surface area contributed by atoms with E-state index in [9.17, 15) is 4.79 Å². The minimum Gasteiger partial charge on any atom is -0.365 e. The van der Waals surface area contributed by atoms with Crippen LogP contribution in [-0.4, -0.2) is 22.9 Å². The highest BCUT2D eigenvalue weighted by atomic mass is 32.1. The van der Waals surface area contributed by atoms with Gasteiger partial charge in [-0.15, -0.1) is 11.3 Å². The van der Waals surface area contributed by atoms with Crippen LogP contribution in [0.25, 0.3) is 0 Å². The normalized spacial score (nSPS) is 12.2. The van der Waals surface area contributed by atoms with Gasteiger partial charge in [0.05, 0.1) is 6.04 Å². The second-order valence-electron chi connectivity index (χ2n) is 5.23. The minimum atomic E-state index is -0.151. The highest BCUT2D eigenvalue weighted by Gasteiger charge is 2.19. The van der Waals surface area contributed by atoms with E-state index < -0.39 is 0 Å². The Labute approximate surface area is 128 Å². The number of pyridine rings is 1. The average molecular weight is 304 g/mol. The van der Waals surface area contributed by atoms with E-state index in [1.165, 1.54) is 11.3 Å². The van der Waals surface area contributed by atoms with Crippen molar-refractivity contribution in [3.05, 3.63) is 41.2 Å². The van der Waals surface area contributed by atoms with Gasteiger partial charge in [-0.05, 0) is 24.0 Å². The number of hydrogen-bond acceptors (Lipinski definition) is 5. The van der Waals surface area contributed by atoms with Crippen LogP contribution in [0.4, 0.5) is 5.13 Å². The summed E-state index contributed by atoms with van der Waals surface area (Å²) >= 11 is 1.42. The molecule has 112 valence electrons. The van der Waals surface area contributed by atoms with Gasteiger partial charge in [-0.3, -0.25) is 9.78 Å². The number of hydrogen-bond donors (Lipinski definition) is 2. The van der Waals surface area contributed by atoms with Crippen molar-refractivity contribution in [3.8, 4) is 0 Å². The van der Waals surface area contributed by atoms with Crippen molar-refractivity contribution < 1.29 is 4.79 Å². The van der Waals surface area contributed by atoms with E-state index in [1.54, 1.807) is 24.8 Å². The SMILES string of the molecule is CNc1nc(C(=O)N[C@@H](CC(C)C)c2cccnc2)cs1. The summed E-state index contributed by atoms with van der Waals surface area (Å²) in [5.41, 5.74) is 1.46. The zero-order chi connectivity index (χ0) is 15.2. The first kappa shape index (κ1) is 15.4. The molecule has 1 atom stereocenters. The number of nitrogens with one attached hydrogen (secondary N) is 2. The molecular weight excluding hydrogens is 284 g/mol. The van der Waals surface area contributed by atoms with Crippen molar-refractivity contribution in [1.29, 1.82) is 0 Å². The molecule has 5 nitrogen and oxygen atoms in total. The molecule has 6 heteroatoms. The Hall–Kier alpha value is -1.95. The van der Waals surface area contributed by atoms with Crippen molar-refractivity contribution in [2.75, 3.05) is 12.4 Å². The maximum Gasteiger partial charge on any atom is 0.271 e. The van der Waals surface area contributed by atoms with E-state index in [-0.39, 0.29) is 11.9 Å². The molecule has 0 saturated carbocycles. The second-order valence-corrected chi connectivity index (χ2v) is 6.09. The van der Waals surface area contributed by atoms with Crippen LogP contribution in [0.15, 0.2) is 29.9 Å². The fourth-order valence-corrected chi connectivity index (χ4v) is 2.71. The lowest BCUT2D eigenvalue weighted by molar-refractivity contribution is 0.0927. The maximum absolute atomic E-state index is 12.3. The van der Waals surface area contributed by atoms with Gasteiger partial charge < -0.3 is 10.6 Å². The molecule has 21 heavy (non-hydrogen) atoms. The van der Waals surface area contributed by atoms with E-state index in [4.69, 9.17) is 0 Å². The molecule has 0 bridgehead atoms. The van der Waals surface area contributed by atoms with Gasteiger partial charge in [0.2, 0.25) is 0 Å². The van der Waals surface area contributed by atoms with Crippen LogP contribution in [0, 0.1) is 5.92 Å². The van der Waals surface area contributed by atoms with Crippen molar-refractivity contribution >= 4 is 22.4 Å². The molecule has 0 unspecified atom stereocenters. The molecule has 0 aliphatic carbocycles. The number of nitrogens with zero attached hydrogens (tertiary/aromatic N) is 2. The Bertz CT molecular complexity index is 582. The molecule has 0 fully saturated rings. The van der Waals surface area contributed by atoms with Crippen LogP contribution in [0.3, 0.4) is 0 Å². The van der Waals surface area contributed by atoms with E-state index >= 15 is 0 Å². The van der Waals surface area contributed by atoms with Crippen LogP contribution in [0.1, 0.15) is 42.4 Å². The zero-order valence-electron chi connectivity index (χ0n) is 12.5. The molecular formula is C15H20N4OS. The summed E-state index contributed by atoms with van der Waals surface area (Å²) in [7, 11) is 1.79. The van der Waals surface area contributed by atoms with Crippen molar-refractivity contribution in [1.82, 2.24) is 15.3 Å². The second kappa shape index (κ2) is 7.17. The minimum absolute atomic E-state index is 0.0501. The number of thiazole rings is 1. The molecule has 2 rings (SSSR count). The molecule has 0 saturated heterocycles. The molecule has 0 aromatic carbocycles. The fraction of sp³-hybridized carbons (Fsp3) is 0.400. The molecule has 1 amide bonds. The average Bonchev–Trinajstić information content (AvgIpc) is 2.96. The van der Waals surface area contributed by atoms with Crippen LogP contribution >= 0.6 is 11.3 Å². The van der Waals surface area contributed by atoms with Gasteiger partial charge in [0.25, 0.3) is 5.91 Å². The summed E-state index contributed by atoms with van der Waals surface area (Å²) in [5.74, 6) is 0.320. The Morgan fingerprint density at radius 1 is 1.43 bits per heavy atom. The summed E-state index contributed by atoms with van der Waals surface area (Å²) in [4.78, 5) is 20.7. The van der Waals surface area contributed by atoms with Gasteiger partial charge >= 0.3 is 0 Å². The van der Waals surface area contributed by atoms with Crippen molar-refractivity contribution in [2.45, 2.75) is 26.3 Å². The van der Waals surface area contributed by atoms with E-state index in [2.05, 4.69) is 34.4 Å². The van der Waals surface area contributed by atoms with Crippen LogP contribution in [0.2, 0.25) is 0 Å². The Kier molecular flexibility index (Phi) is 5.27. The molecule has 0 spiro atoms. The van der Waals surface area contributed by atoms with Crippen LogP contribution in [0.5, 0.6) is 0 Å². The van der Waals surface area contributed by atoms with E-state index in [0.29, 0.717) is 11.6 Å². The summed E-state index contributed by atoms with van der Waals surface area (Å²) < 4.78 is 0. The standard InChI is InChI=1S/C15H20N4OS/c1-10(2)7-12(11-5-4-6-17-8-11)18-14(20)13-9-21-15(16-3)19-13/h4-6,8-10,12H,7H2,1-3H3,(H,16,19)(H,18,20)/t12-/m0/s1. The molecule has 0 aliphatic heterocycles. The number of carbonyl (C=O) groups is 1. The number of carbonyl (C=O) groups excluding carboxylic acids is 1. The Balaban J connectivity index is 2.13. The fourth-order valence-electron chi connectivity index (χ4n) is 2.06.